The van der Waals surface area contributed by atoms with Gasteiger partial charge in [0.05, 0.1) is 28.1 Å². The number of aromatic nitrogens is 1. The molecular weight excluding hydrogens is 402 g/mol. The standard InChI is InChI=1S/C21H23N5O5/c1-12(2)31-21(30)17(6-4-15(27)11-25-23)26-20(29)19(28)8-14-10-24-18-7-13(9-22)3-5-16(14)18/h3,5,7,10-12,17,19,23-24,28H,4,6,8H2,1-2H3/p+1/t17-,19-/m0/s1. The first kappa shape index (κ1) is 23.5. The van der Waals surface area contributed by atoms with Gasteiger partial charge in [0.25, 0.3) is 0 Å². The molecular formula is C21H24N5O5+. The predicted molar refractivity (Wildman–Crippen MR) is 109 cm³/mol. The van der Waals surface area contributed by atoms with Crippen LogP contribution in [-0.2, 0) is 25.5 Å². The number of nitriles is 1. The summed E-state index contributed by atoms with van der Waals surface area (Å²) >= 11 is 0. The van der Waals surface area contributed by atoms with E-state index in [1.54, 1.807) is 38.2 Å². The van der Waals surface area contributed by atoms with Crippen LogP contribution in [0.15, 0.2) is 24.4 Å². The van der Waals surface area contributed by atoms with Gasteiger partial charge in [-0.15, -0.1) is 0 Å². The number of hydrogen-bond acceptors (Lipinski definition) is 7. The zero-order valence-electron chi connectivity index (χ0n) is 17.2. The summed E-state index contributed by atoms with van der Waals surface area (Å²) in [6.45, 7) is 3.30. The molecule has 1 aromatic heterocycles. The van der Waals surface area contributed by atoms with Gasteiger partial charge in [0.15, 0.2) is 0 Å². The third kappa shape index (κ3) is 6.60. The number of aromatic amines is 1. The Kier molecular flexibility index (Phi) is 8.20. The summed E-state index contributed by atoms with van der Waals surface area (Å²) in [6.07, 6.45) is 0.385. The van der Waals surface area contributed by atoms with Crippen molar-refractivity contribution >= 4 is 34.8 Å². The summed E-state index contributed by atoms with van der Waals surface area (Å²) in [5.41, 5.74) is 8.53. The quantitative estimate of drug-likeness (QED) is 0.191. The molecule has 0 aliphatic carbocycles. The number of benzene rings is 1. The van der Waals surface area contributed by atoms with E-state index < -0.39 is 35.9 Å². The molecule has 0 aliphatic rings. The fraction of sp³-hybridized carbons (Fsp3) is 0.381. The Morgan fingerprint density at radius 2 is 2.13 bits per heavy atom. The van der Waals surface area contributed by atoms with E-state index in [1.807, 2.05) is 6.07 Å². The highest BCUT2D eigenvalue weighted by atomic mass is 16.5. The Balaban J connectivity index is 2.08. The Bertz CT molecular complexity index is 1060. The summed E-state index contributed by atoms with van der Waals surface area (Å²) in [7, 11) is 0. The molecule has 0 fully saturated rings. The Morgan fingerprint density at radius 1 is 1.39 bits per heavy atom. The Labute approximate surface area is 178 Å². The SMILES string of the molecule is CC(C)OC(=O)[C@H](CCC(=O)C=[N+]=N)NC(=O)[C@@H](O)Cc1c[nH]c2cc(C#N)ccc12. The molecule has 1 heterocycles. The predicted octanol–water partition coefficient (Wildman–Crippen LogP) is 1.04. The number of aliphatic hydroxyl groups excluding tert-OH is 1. The molecule has 31 heavy (non-hydrogen) atoms. The molecule has 0 saturated heterocycles. The number of ether oxygens (including phenoxy) is 1. The van der Waals surface area contributed by atoms with Crippen LogP contribution in [0.2, 0.25) is 0 Å². The first-order valence-corrected chi connectivity index (χ1v) is 9.66. The normalized spacial score (nSPS) is 12.5. The molecule has 2 aromatic rings. The van der Waals surface area contributed by atoms with Crippen LogP contribution in [0.4, 0.5) is 0 Å². The van der Waals surface area contributed by atoms with Gasteiger partial charge in [0.1, 0.15) is 12.1 Å². The Hall–Kier alpha value is -3.80. The van der Waals surface area contributed by atoms with Crippen LogP contribution in [0.1, 0.15) is 37.8 Å². The highest BCUT2D eigenvalue weighted by molar-refractivity contribution is 6.25. The topological polar surface area (TPSA) is 170 Å². The number of rotatable bonds is 10. The Morgan fingerprint density at radius 3 is 2.77 bits per heavy atom. The average molecular weight is 426 g/mol. The lowest BCUT2D eigenvalue weighted by atomic mass is 10.0. The van der Waals surface area contributed by atoms with Gasteiger partial charge < -0.3 is 20.1 Å². The van der Waals surface area contributed by atoms with E-state index in [9.17, 15) is 19.5 Å². The van der Waals surface area contributed by atoms with Gasteiger partial charge >= 0.3 is 12.2 Å². The fourth-order valence-corrected chi connectivity index (χ4v) is 2.98. The highest BCUT2D eigenvalue weighted by Gasteiger charge is 2.27. The number of nitrogens with one attached hydrogen (secondary N) is 3. The lowest BCUT2D eigenvalue weighted by molar-refractivity contribution is -0.152. The van der Waals surface area contributed by atoms with E-state index in [0.29, 0.717) is 16.6 Å². The zero-order chi connectivity index (χ0) is 23.0. The third-order valence-electron chi connectivity index (χ3n) is 4.45. The monoisotopic (exact) mass is 426 g/mol. The van der Waals surface area contributed by atoms with Crippen LogP contribution in [0.5, 0.6) is 0 Å². The molecule has 0 spiro atoms. The molecule has 4 N–H and O–H groups in total. The number of amides is 1. The highest BCUT2D eigenvalue weighted by Crippen LogP contribution is 2.21. The first-order valence-electron chi connectivity index (χ1n) is 9.66. The van der Waals surface area contributed by atoms with Crippen LogP contribution in [0.3, 0.4) is 0 Å². The largest absolute Gasteiger partial charge is 0.461 e. The van der Waals surface area contributed by atoms with E-state index in [4.69, 9.17) is 15.5 Å². The number of esters is 1. The second-order valence-corrected chi connectivity index (χ2v) is 7.22. The van der Waals surface area contributed by atoms with Crippen LogP contribution in [0, 0.1) is 16.9 Å². The minimum Gasteiger partial charge on any atom is -0.461 e. The van der Waals surface area contributed by atoms with Crippen LogP contribution in [0.25, 0.3) is 10.9 Å². The molecule has 10 nitrogen and oxygen atoms in total. The van der Waals surface area contributed by atoms with Crippen LogP contribution < -0.4 is 5.32 Å². The number of ketones is 1. The maximum absolute atomic E-state index is 12.5. The molecule has 0 aliphatic heterocycles. The molecule has 10 heteroatoms. The average Bonchev–Trinajstić information content (AvgIpc) is 3.12. The van der Waals surface area contributed by atoms with Gasteiger partial charge in [-0.25, -0.2) is 4.79 Å². The van der Waals surface area contributed by atoms with E-state index >= 15 is 0 Å². The molecule has 1 aromatic carbocycles. The van der Waals surface area contributed by atoms with Crippen molar-refractivity contribution in [1.29, 1.82) is 10.8 Å². The van der Waals surface area contributed by atoms with Crippen molar-refractivity contribution in [3.63, 3.8) is 0 Å². The molecule has 0 saturated carbocycles. The lowest BCUT2D eigenvalue weighted by Gasteiger charge is -2.20. The van der Waals surface area contributed by atoms with Crippen molar-refractivity contribution in [3.05, 3.63) is 35.5 Å². The van der Waals surface area contributed by atoms with Crippen molar-refractivity contribution in [3.8, 4) is 6.07 Å². The molecule has 2 atom stereocenters. The number of hydrogen-bond donors (Lipinski definition) is 4. The second kappa shape index (κ2) is 10.8. The van der Waals surface area contributed by atoms with Gasteiger partial charge in [0, 0.05) is 29.9 Å². The summed E-state index contributed by atoms with van der Waals surface area (Å²) in [5.74, 6) is -1.97. The van der Waals surface area contributed by atoms with Gasteiger partial charge in [-0.1, -0.05) is 6.07 Å². The maximum Gasteiger partial charge on any atom is 0.372 e. The van der Waals surface area contributed by atoms with Gasteiger partial charge in [0.2, 0.25) is 11.7 Å². The van der Waals surface area contributed by atoms with Crippen molar-refractivity contribution in [2.75, 3.05) is 0 Å². The molecule has 0 bridgehead atoms. The third-order valence-corrected chi connectivity index (χ3v) is 4.45. The van der Waals surface area contributed by atoms with Crippen molar-refractivity contribution in [2.24, 2.45) is 0 Å². The minimum absolute atomic E-state index is 0.0197. The number of aliphatic hydroxyl groups is 1. The fourth-order valence-electron chi connectivity index (χ4n) is 2.98. The zero-order valence-corrected chi connectivity index (χ0v) is 17.2. The van der Waals surface area contributed by atoms with Gasteiger partial charge in [-0.05, 0) is 38.0 Å². The number of carbonyl (C=O) groups excluding carboxylic acids is 3. The number of H-pyrrole nitrogens is 1. The summed E-state index contributed by atoms with van der Waals surface area (Å²) < 4.78 is 5.12. The van der Waals surface area contributed by atoms with Crippen molar-refractivity contribution in [2.45, 2.75) is 51.4 Å². The van der Waals surface area contributed by atoms with Gasteiger partial charge in [-0.3, -0.25) is 9.59 Å². The number of fused-ring (bicyclic) bond motifs is 1. The van der Waals surface area contributed by atoms with E-state index in [-0.39, 0.29) is 19.3 Å². The second-order valence-electron chi connectivity index (χ2n) is 7.22. The summed E-state index contributed by atoms with van der Waals surface area (Å²) in [4.78, 5) is 42.3. The molecule has 2 rings (SSSR count). The van der Waals surface area contributed by atoms with Crippen LogP contribution >= 0.6 is 0 Å². The van der Waals surface area contributed by atoms with E-state index in [2.05, 4.69) is 15.1 Å². The molecule has 162 valence electrons. The maximum atomic E-state index is 12.5. The number of Topliss-reactive ketones (excluding diaryl/α,β-unsaturated/α-hetero) is 1. The van der Waals surface area contributed by atoms with E-state index in [0.717, 1.165) is 11.6 Å². The summed E-state index contributed by atoms with van der Waals surface area (Å²) in [5, 5.41) is 22.6. The number of nitrogens with zero attached hydrogens (tertiary/aromatic N) is 2. The van der Waals surface area contributed by atoms with Crippen molar-refractivity contribution < 1.29 is 29.0 Å². The van der Waals surface area contributed by atoms with Crippen LogP contribution in [-0.4, -0.2) is 57.0 Å². The van der Waals surface area contributed by atoms with Gasteiger partial charge in [-0.2, -0.15) is 5.26 Å². The number of carbonyl (C=O) groups is 3. The first-order chi connectivity index (χ1) is 14.7. The smallest absolute Gasteiger partial charge is 0.372 e. The minimum atomic E-state index is -1.45. The lowest BCUT2D eigenvalue weighted by Crippen LogP contribution is -2.47. The van der Waals surface area contributed by atoms with E-state index in [1.165, 1.54) is 0 Å². The summed E-state index contributed by atoms with van der Waals surface area (Å²) in [6, 6.07) is 5.95. The molecule has 1 amide bonds. The molecule has 0 radical (unpaired) electrons. The van der Waals surface area contributed by atoms with Crippen molar-refractivity contribution in [1.82, 2.24) is 10.3 Å². The molecule has 0 unspecified atom stereocenters.